The molecule has 1 aromatic rings. The molecule has 0 saturated heterocycles. The third-order valence-corrected chi connectivity index (χ3v) is 4.10. The van der Waals surface area contributed by atoms with Crippen LogP contribution in [0, 0.1) is 0 Å². The zero-order valence-corrected chi connectivity index (χ0v) is 11.7. The number of hydrogen-bond acceptors (Lipinski definition) is 3. The highest BCUT2D eigenvalue weighted by Crippen LogP contribution is 2.21. The maximum atomic E-state index is 12.0. The van der Waals surface area contributed by atoms with Gasteiger partial charge in [-0.2, -0.15) is 0 Å². The molecule has 0 unspecified atom stereocenters. The molecule has 0 heterocycles. The molecule has 0 saturated carbocycles. The van der Waals surface area contributed by atoms with Crippen molar-refractivity contribution in [3.63, 3.8) is 0 Å². The molecular formula is C11H17ClN2O2S. The summed E-state index contributed by atoms with van der Waals surface area (Å²) in [6.07, 6.45) is 0. The van der Waals surface area contributed by atoms with Crippen molar-refractivity contribution >= 4 is 21.6 Å². The van der Waals surface area contributed by atoms with Crippen LogP contribution in [0.2, 0.25) is 5.02 Å². The molecule has 17 heavy (non-hydrogen) atoms. The molecule has 0 fully saturated rings. The number of sulfonamides is 1. The number of benzene rings is 1. The molecule has 0 aliphatic heterocycles. The summed E-state index contributed by atoms with van der Waals surface area (Å²) in [5, 5.41) is 0.365. The van der Waals surface area contributed by atoms with E-state index in [1.165, 1.54) is 12.1 Å². The lowest BCUT2D eigenvalue weighted by molar-refractivity contribution is 0.491. The van der Waals surface area contributed by atoms with Gasteiger partial charge in [-0.3, -0.25) is 0 Å². The van der Waals surface area contributed by atoms with Crippen LogP contribution in [0.25, 0.3) is 0 Å². The lowest BCUT2D eigenvalue weighted by Crippen LogP contribution is -2.40. The van der Waals surface area contributed by atoms with E-state index in [4.69, 9.17) is 17.3 Å². The lowest BCUT2D eigenvalue weighted by atomic mass is 10.1. The van der Waals surface area contributed by atoms with E-state index in [1.54, 1.807) is 26.8 Å². The van der Waals surface area contributed by atoms with Crippen LogP contribution in [0.15, 0.2) is 23.1 Å². The van der Waals surface area contributed by atoms with Crippen LogP contribution in [-0.4, -0.2) is 14.0 Å². The molecule has 0 spiro atoms. The Hall–Kier alpha value is -0.620. The molecule has 0 atom stereocenters. The molecule has 0 aromatic heterocycles. The second-order valence-corrected chi connectivity index (χ2v) is 6.90. The lowest BCUT2D eigenvalue weighted by Gasteiger charge is -2.20. The summed E-state index contributed by atoms with van der Waals surface area (Å²) < 4.78 is 26.6. The largest absolute Gasteiger partial charge is 0.326 e. The van der Waals surface area contributed by atoms with E-state index in [-0.39, 0.29) is 11.4 Å². The number of rotatable bonds is 3. The molecule has 4 nitrogen and oxygen atoms in total. The second kappa shape index (κ2) is 4.94. The highest BCUT2D eigenvalue weighted by atomic mass is 35.5. The maximum Gasteiger partial charge on any atom is 0.241 e. The predicted octanol–water partition coefficient (Wildman–Crippen LogP) is 1.88. The van der Waals surface area contributed by atoms with E-state index in [1.807, 2.05) is 0 Å². The Morgan fingerprint density at radius 3 is 2.35 bits per heavy atom. The highest BCUT2D eigenvalue weighted by Gasteiger charge is 2.22. The van der Waals surface area contributed by atoms with Gasteiger partial charge in [0.05, 0.1) is 4.90 Å². The van der Waals surface area contributed by atoms with Crippen molar-refractivity contribution in [3.05, 3.63) is 28.8 Å². The van der Waals surface area contributed by atoms with Crippen molar-refractivity contribution in [3.8, 4) is 0 Å². The Morgan fingerprint density at radius 1 is 1.35 bits per heavy atom. The van der Waals surface area contributed by atoms with E-state index in [0.29, 0.717) is 5.02 Å². The van der Waals surface area contributed by atoms with Crippen molar-refractivity contribution in [1.82, 2.24) is 4.72 Å². The van der Waals surface area contributed by atoms with Gasteiger partial charge in [-0.15, -0.1) is 0 Å². The second-order valence-electron chi connectivity index (χ2n) is 4.81. The zero-order chi connectivity index (χ0) is 13.3. The summed E-state index contributed by atoms with van der Waals surface area (Å²) in [7, 11) is -3.54. The Balaban J connectivity index is 3.13. The summed E-state index contributed by atoms with van der Waals surface area (Å²) in [6.45, 7) is 5.62. The average molecular weight is 277 g/mol. The van der Waals surface area contributed by atoms with Gasteiger partial charge in [0, 0.05) is 17.1 Å². The molecular weight excluding hydrogens is 260 g/mol. The Bertz CT molecular complexity index is 507. The fourth-order valence-corrected chi connectivity index (χ4v) is 3.09. The first-order chi connectivity index (χ1) is 7.65. The number of halogens is 1. The van der Waals surface area contributed by atoms with E-state index < -0.39 is 15.6 Å². The van der Waals surface area contributed by atoms with E-state index in [0.717, 1.165) is 5.56 Å². The first-order valence-electron chi connectivity index (χ1n) is 5.18. The smallest absolute Gasteiger partial charge is 0.241 e. The van der Waals surface area contributed by atoms with E-state index >= 15 is 0 Å². The van der Waals surface area contributed by atoms with Gasteiger partial charge < -0.3 is 5.73 Å². The monoisotopic (exact) mass is 276 g/mol. The van der Waals surface area contributed by atoms with Gasteiger partial charge in [-0.25, -0.2) is 13.1 Å². The minimum absolute atomic E-state index is 0.148. The van der Waals surface area contributed by atoms with Gasteiger partial charge >= 0.3 is 0 Å². The predicted molar refractivity (Wildman–Crippen MR) is 69.4 cm³/mol. The number of hydrogen-bond donors (Lipinski definition) is 2. The molecule has 0 amide bonds. The minimum atomic E-state index is -3.54. The van der Waals surface area contributed by atoms with Crippen LogP contribution in [0.4, 0.5) is 0 Å². The molecule has 3 N–H and O–H groups in total. The summed E-state index contributed by atoms with van der Waals surface area (Å²) in [5.74, 6) is 0. The van der Waals surface area contributed by atoms with E-state index in [2.05, 4.69) is 4.72 Å². The third-order valence-electron chi connectivity index (χ3n) is 2.00. The Morgan fingerprint density at radius 2 is 1.94 bits per heavy atom. The van der Waals surface area contributed by atoms with Crippen LogP contribution >= 0.6 is 11.6 Å². The van der Waals surface area contributed by atoms with Crippen molar-refractivity contribution in [2.24, 2.45) is 5.73 Å². The van der Waals surface area contributed by atoms with Gasteiger partial charge in [0.25, 0.3) is 0 Å². The standard InChI is InChI=1S/C11H17ClN2O2S/c1-11(2,3)14-17(15,16)9-5-4-8(7-13)10(12)6-9/h4-6,14H,7,13H2,1-3H3. The third kappa shape index (κ3) is 3.96. The molecule has 0 aliphatic rings. The topological polar surface area (TPSA) is 72.2 Å². The summed E-state index contributed by atoms with van der Waals surface area (Å²) >= 11 is 5.93. The summed E-state index contributed by atoms with van der Waals surface area (Å²) in [6, 6.07) is 4.54. The minimum Gasteiger partial charge on any atom is -0.326 e. The number of nitrogens with two attached hydrogens (primary N) is 1. The van der Waals surface area contributed by atoms with Gasteiger partial charge in [0.1, 0.15) is 0 Å². The van der Waals surface area contributed by atoms with Crippen molar-refractivity contribution < 1.29 is 8.42 Å². The Labute approximate surface area is 107 Å². The van der Waals surface area contributed by atoms with E-state index in [9.17, 15) is 8.42 Å². The van der Waals surface area contributed by atoms with Crippen LogP contribution < -0.4 is 10.5 Å². The molecule has 1 aromatic carbocycles. The summed E-state index contributed by atoms with van der Waals surface area (Å²) in [4.78, 5) is 0.148. The van der Waals surface area contributed by atoms with Crippen LogP contribution in [-0.2, 0) is 16.6 Å². The molecule has 6 heteroatoms. The zero-order valence-electron chi connectivity index (χ0n) is 10.1. The molecule has 1 rings (SSSR count). The van der Waals surface area contributed by atoms with Crippen LogP contribution in [0.5, 0.6) is 0 Å². The van der Waals surface area contributed by atoms with Gasteiger partial charge in [-0.1, -0.05) is 17.7 Å². The van der Waals surface area contributed by atoms with Gasteiger partial charge in [0.2, 0.25) is 10.0 Å². The van der Waals surface area contributed by atoms with Crippen molar-refractivity contribution in [2.75, 3.05) is 0 Å². The van der Waals surface area contributed by atoms with Gasteiger partial charge in [0.15, 0.2) is 0 Å². The number of nitrogens with one attached hydrogen (secondary N) is 1. The fourth-order valence-electron chi connectivity index (χ4n) is 1.32. The SMILES string of the molecule is CC(C)(C)NS(=O)(=O)c1ccc(CN)c(Cl)c1. The first kappa shape index (κ1) is 14.4. The average Bonchev–Trinajstić information content (AvgIpc) is 2.13. The van der Waals surface area contributed by atoms with Crippen LogP contribution in [0.3, 0.4) is 0 Å². The highest BCUT2D eigenvalue weighted by molar-refractivity contribution is 7.89. The molecule has 0 radical (unpaired) electrons. The quantitative estimate of drug-likeness (QED) is 0.885. The molecule has 0 aliphatic carbocycles. The Kier molecular flexibility index (Phi) is 4.19. The van der Waals surface area contributed by atoms with Crippen molar-refractivity contribution in [2.45, 2.75) is 37.8 Å². The van der Waals surface area contributed by atoms with Crippen molar-refractivity contribution in [1.29, 1.82) is 0 Å². The molecule has 96 valence electrons. The normalized spacial score (nSPS) is 12.8. The van der Waals surface area contributed by atoms with Crippen LogP contribution in [0.1, 0.15) is 26.3 Å². The fraction of sp³-hybridized carbons (Fsp3) is 0.455. The molecule has 0 bridgehead atoms. The summed E-state index contributed by atoms with van der Waals surface area (Å²) in [5.41, 5.74) is 5.66. The van der Waals surface area contributed by atoms with Gasteiger partial charge in [-0.05, 0) is 38.5 Å². The first-order valence-corrected chi connectivity index (χ1v) is 7.04. The maximum absolute atomic E-state index is 12.0.